The smallest absolute Gasteiger partial charge is 0.361 e. The summed E-state index contributed by atoms with van der Waals surface area (Å²) in [7, 11) is 0. The zero-order valence-corrected chi connectivity index (χ0v) is 24.6. The van der Waals surface area contributed by atoms with Gasteiger partial charge in [0.25, 0.3) is 11.8 Å². The van der Waals surface area contributed by atoms with Crippen molar-refractivity contribution in [1.29, 1.82) is 0 Å². The molecule has 5 rings (SSSR count). The first kappa shape index (κ1) is 31.1. The molecular formula is C34H27F3N4O3S. The number of rotatable bonds is 9. The van der Waals surface area contributed by atoms with Crippen LogP contribution in [0.25, 0.3) is 17.0 Å². The number of carbonyl (C=O) groups is 3. The minimum Gasteiger partial charge on any atom is -0.361 e. The molecule has 0 saturated carbocycles. The maximum absolute atomic E-state index is 13.5. The van der Waals surface area contributed by atoms with Crippen molar-refractivity contribution in [2.75, 3.05) is 10.6 Å². The van der Waals surface area contributed by atoms with E-state index in [-0.39, 0.29) is 11.4 Å². The number of anilines is 2. The van der Waals surface area contributed by atoms with Gasteiger partial charge in [-0.05, 0) is 61.5 Å². The van der Waals surface area contributed by atoms with E-state index < -0.39 is 34.7 Å². The van der Waals surface area contributed by atoms with Crippen LogP contribution in [-0.4, -0.2) is 28.0 Å². The van der Waals surface area contributed by atoms with Gasteiger partial charge in [-0.3, -0.25) is 14.4 Å². The number of alkyl halides is 3. The van der Waals surface area contributed by atoms with Crippen LogP contribution < -0.4 is 16.0 Å². The second-order valence-corrected chi connectivity index (χ2v) is 11.4. The number of carbonyl (C=O) groups excluding carboxylic acids is 3. The highest BCUT2D eigenvalue weighted by Crippen LogP contribution is 2.35. The molecule has 5 aromatic rings. The van der Waals surface area contributed by atoms with Gasteiger partial charge in [-0.1, -0.05) is 54.6 Å². The Balaban J connectivity index is 1.33. The van der Waals surface area contributed by atoms with Crippen LogP contribution in [0.4, 0.5) is 24.5 Å². The van der Waals surface area contributed by atoms with E-state index in [1.807, 2.05) is 24.3 Å². The minimum absolute atomic E-state index is 0.00254. The topological polar surface area (TPSA) is 103 Å². The molecule has 0 bridgehead atoms. The molecule has 0 aliphatic carbocycles. The normalized spacial score (nSPS) is 12.4. The Labute approximate surface area is 260 Å². The molecule has 0 fully saturated rings. The molecule has 4 N–H and O–H groups in total. The lowest BCUT2D eigenvalue weighted by atomic mass is 10.1. The Kier molecular flexibility index (Phi) is 9.39. The first-order valence-corrected chi connectivity index (χ1v) is 14.7. The number of fused-ring (bicyclic) bond motifs is 1. The fourth-order valence-electron chi connectivity index (χ4n) is 4.49. The fraction of sp³-hybridized carbons (Fsp3) is 0.0882. The van der Waals surface area contributed by atoms with E-state index in [1.165, 1.54) is 18.2 Å². The Morgan fingerprint density at radius 2 is 1.56 bits per heavy atom. The van der Waals surface area contributed by atoms with Crippen molar-refractivity contribution in [3.63, 3.8) is 0 Å². The van der Waals surface area contributed by atoms with Gasteiger partial charge < -0.3 is 20.9 Å². The van der Waals surface area contributed by atoms with Gasteiger partial charge in [0.2, 0.25) is 5.91 Å². The van der Waals surface area contributed by atoms with Crippen LogP contribution in [0.1, 0.15) is 28.4 Å². The number of para-hydroxylation sites is 2. The van der Waals surface area contributed by atoms with Crippen LogP contribution in [0.5, 0.6) is 0 Å². The van der Waals surface area contributed by atoms with Crippen LogP contribution >= 0.6 is 11.8 Å². The maximum Gasteiger partial charge on any atom is 0.418 e. The van der Waals surface area contributed by atoms with Crippen LogP contribution in [0.2, 0.25) is 0 Å². The first-order valence-electron chi connectivity index (χ1n) is 13.8. The highest BCUT2D eigenvalue weighted by atomic mass is 32.2. The van der Waals surface area contributed by atoms with Crippen molar-refractivity contribution >= 4 is 57.8 Å². The van der Waals surface area contributed by atoms with Gasteiger partial charge in [-0.2, -0.15) is 13.2 Å². The summed E-state index contributed by atoms with van der Waals surface area (Å²) in [4.78, 5) is 43.1. The predicted molar refractivity (Wildman–Crippen MR) is 171 cm³/mol. The van der Waals surface area contributed by atoms with Gasteiger partial charge in [0.1, 0.15) is 5.70 Å². The van der Waals surface area contributed by atoms with E-state index in [2.05, 4.69) is 20.9 Å². The van der Waals surface area contributed by atoms with Crippen molar-refractivity contribution in [2.24, 2.45) is 0 Å². The molecule has 0 saturated heterocycles. The molecule has 3 amide bonds. The third-order valence-electron chi connectivity index (χ3n) is 6.71. The monoisotopic (exact) mass is 628 g/mol. The number of hydrogen-bond acceptors (Lipinski definition) is 4. The summed E-state index contributed by atoms with van der Waals surface area (Å²) in [6.07, 6.45) is -1.29. The Hall–Kier alpha value is -5.29. The van der Waals surface area contributed by atoms with E-state index in [9.17, 15) is 27.6 Å². The lowest BCUT2D eigenvalue weighted by Gasteiger charge is -2.16. The number of aromatic amines is 1. The van der Waals surface area contributed by atoms with E-state index in [0.29, 0.717) is 21.7 Å². The lowest BCUT2D eigenvalue weighted by Crippen LogP contribution is -2.30. The molecule has 7 nitrogen and oxygen atoms in total. The third-order valence-corrected chi connectivity index (χ3v) is 7.81. The molecule has 0 aliphatic heterocycles. The molecule has 45 heavy (non-hydrogen) atoms. The van der Waals surface area contributed by atoms with Crippen molar-refractivity contribution in [3.8, 4) is 0 Å². The van der Waals surface area contributed by atoms with Crippen LogP contribution in [0.15, 0.2) is 120 Å². The van der Waals surface area contributed by atoms with Crippen LogP contribution in [-0.2, 0) is 15.8 Å². The van der Waals surface area contributed by atoms with E-state index in [1.54, 1.807) is 73.8 Å². The van der Waals surface area contributed by atoms with E-state index in [4.69, 9.17) is 0 Å². The second kappa shape index (κ2) is 13.6. The standard InChI is InChI=1S/C34H27F3N4O3S/c1-21(31(42)40-29-17-8-6-15-27(29)34(35,36)37)45-25-13-9-12-24(19-25)39-33(44)30(41-32(43)22-10-3-2-4-11-22)18-23-20-38-28-16-7-5-14-26(23)28/h2-21,38H,1H3,(H,39,44)(H,40,42)(H,41,43)/b30-18-. The number of H-pyrrole nitrogens is 1. The Morgan fingerprint density at radius 3 is 2.33 bits per heavy atom. The summed E-state index contributed by atoms with van der Waals surface area (Å²) >= 11 is 1.11. The zero-order valence-electron chi connectivity index (χ0n) is 23.8. The van der Waals surface area contributed by atoms with Crippen molar-refractivity contribution in [1.82, 2.24) is 10.3 Å². The second-order valence-electron chi connectivity index (χ2n) is 9.94. The average molecular weight is 629 g/mol. The summed E-state index contributed by atoms with van der Waals surface area (Å²) in [6, 6.07) is 27.5. The SMILES string of the molecule is CC(Sc1cccc(NC(=O)/C(=C/c2c[nH]c3ccccc23)NC(=O)c2ccccc2)c1)C(=O)Nc1ccccc1C(F)(F)F. The average Bonchev–Trinajstić information content (AvgIpc) is 3.43. The van der Waals surface area contributed by atoms with Crippen molar-refractivity contribution in [2.45, 2.75) is 23.2 Å². The molecule has 11 heteroatoms. The molecular weight excluding hydrogens is 601 g/mol. The predicted octanol–water partition coefficient (Wildman–Crippen LogP) is 7.72. The van der Waals surface area contributed by atoms with Crippen LogP contribution in [0, 0.1) is 0 Å². The van der Waals surface area contributed by atoms with E-state index in [0.717, 1.165) is 28.7 Å². The van der Waals surface area contributed by atoms with Crippen molar-refractivity contribution < 1.29 is 27.6 Å². The number of benzene rings is 4. The van der Waals surface area contributed by atoms with Gasteiger partial charge in [-0.25, -0.2) is 0 Å². The number of amides is 3. The molecule has 1 aromatic heterocycles. The molecule has 228 valence electrons. The van der Waals surface area contributed by atoms with Gasteiger partial charge in [0.05, 0.1) is 16.5 Å². The number of aromatic nitrogens is 1. The summed E-state index contributed by atoms with van der Waals surface area (Å²) in [5, 5.41) is 7.97. The van der Waals surface area contributed by atoms with Gasteiger partial charge >= 0.3 is 6.18 Å². The minimum atomic E-state index is -4.62. The van der Waals surface area contributed by atoms with Gasteiger partial charge in [-0.15, -0.1) is 11.8 Å². The molecule has 4 aromatic carbocycles. The van der Waals surface area contributed by atoms with E-state index >= 15 is 0 Å². The van der Waals surface area contributed by atoms with Gasteiger partial charge in [0, 0.05) is 38.8 Å². The van der Waals surface area contributed by atoms with Crippen LogP contribution in [0.3, 0.4) is 0 Å². The molecule has 1 heterocycles. The largest absolute Gasteiger partial charge is 0.418 e. The summed E-state index contributed by atoms with van der Waals surface area (Å²) < 4.78 is 40.1. The Morgan fingerprint density at radius 1 is 0.844 bits per heavy atom. The summed E-state index contributed by atoms with van der Waals surface area (Å²) in [5.41, 5.74) is 1.06. The number of halogens is 3. The lowest BCUT2D eigenvalue weighted by molar-refractivity contribution is -0.137. The molecule has 0 radical (unpaired) electrons. The molecule has 0 aliphatic rings. The highest BCUT2D eigenvalue weighted by molar-refractivity contribution is 8.00. The quantitative estimate of drug-likeness (QED) is 0.0992. The number of hydrogen-bond donors (Lipinski definition) is 4. The summed E-state index contributed by atoms with van der Waals surface area (Å²) in [6.45, 7) is 1.57. The third kappa shape index (κ3) is 7.81. The fourth-order valence-corrected chi connectivity index (χ4v) is 5.41. The molecule has 0 spiro atoms. The number of thioether (sulfide) groups is 1. The summed E-state index contributed by atoms with van der Waals surface area (Å²) in [5.74, 6) is -1.66. The first-order chi connectivity index (χ1) is 21.6. The zero-order chi connectivity index (χ0) is 32.0. The maximum atomic E-state index is 13.5. The van der Waals surface area contributed by atoms with Crippen molar-refractivity contribution in [3.05, 3.63) is 132 Å². The highest BCUT2D eigenvalue weighted by Gasteiger charge is 2.34. The Bertz CT molecular complexity index is 1890. The molecule has 1 unspecified atom stereocenters. The number of nitrogens with one attached hydrogen (secondary N) is 4. The molecule has 1 atom stereocenters. The van der Waals surface area contributed by atoms with Gasteiger partial charge in [0.15, 0.2) is 0 Å².